The fourth-order valence-corrected chi connectivity index (χ4v) is 2.15. The maximum Gasteiger partial charge on any atom is 0.125 e. The first-order valence-electron chi connectivity index (χ1n) is 7.15. The Labute approximate surface area is 124 Å². The van der Waals surface area contributed by atoms with Gasteiger partial charge >= 0.3 is 0 Å². The van der Waals surface area contributed by atoms with Crippen molar-refractivity contribution < 1.29 is 19.7 Å². The van der Waals surface area contributed by atoms with Gasteiger partial charge in [-0.2, -0.15) is 0 Å². The summed E-state index contributed by atoms with van der Waals surface area (Å²) in [5.41, 5.74) is 0.741. The Morgan fingerprint density at radius 1 is 1.05 bits per heavy atom. The molecule has 0 radical (unpaired) electrons. The van der Waals surface area contributed by atoms with Crippen molar-refractivity contribution in [1.82, 2.24) is 0 Å². The SMILES string of the molecule is CC(C)OCC(O)COc1ccc2ccccc2c1CO. The summed E-state index contributed by atoms with van der Waals surface area (Å²) in [7, 11) is 0. The molecule has 0 aliphatic carbocycles. The third kappa shape index (κ3) is 4.17. The first-order valence-corrected chi connectivity index (χ1v) is 7.15. The largest absolute Gasteiger partial charge is 0.490 e. The van der Waals surface area contributed by atoms with Crippen LogP contribution in [0.5, 0.6) is 5.75 Å². The first-order chi connectivity index (χ1) is 10.1. The number of hydrogen-bond donors (Lipinski definition) is 2. The molecule has 2 aromatic rings. The maximum absolute atomic E-state index is 9.82. The molecule has 0 saturated carbocycles. The Morgan fingerprint density at radius 3 is 2.52 bits per heavy atom. The van der Waals surface area contributed by atoms with Crippen LogP contribution in [0.4, 0.5) is 0 Å². The highest BCUT2D eigenvalue weighted by molar-refractivity contribution is 5.87. The van der Waals surface area contributed by atoms with Gasteiger partial charge in [-0.25, -0.2) is 0 Å². The molecule has 114 valence electrons. The Bertz CT molecular complexity index is 580. The summed E-state index contributed by atoms with van der Waals surface area (Å²) in [4.78, 5) is 0. The van der Waals surface area contributed by atoms with Gasteiger partial charge in [0.2, 0.25) is 0 Å². The molecule has 2 aromatic carbocycles. The van der Waals surface area contributed by atoms with Crippen molar-refractivity contribution in [3.63, 3.8) is 0 Å². The van der Waals surface area contributed by atoms with E-state index in [-0.39, 0.29) is 25.9 Å². The standard InChI is InChI=1S/C17H22O4/c1-12(2)20-10-14(19)11-21-17-8-7-13-5-3-4-6-15(13)16(17)9-18/h3-8,12,14,18-19H,9-11H2,1-2H3. The van der Waals surface area contributed by atoms with E-state index in [9.17, 15) is 10.2 Å². The number of aliphatic hydroxyl groups excluding tert-OH is 2. The molecule has 0 bridgehead atoms. The van der Waals surface area contributed by atoms with E-state index < -0.39 is 6.10 Å². The third-order valence-corrected chi connectivity index (χ3v) is 3.21. The number of aliphatic hydroxyl groups is 2. The van der Waals surface area contributed by atoms with E-state index in [1.54, 1.807) is 0 Å². The minimum absolute atomic E-state index is 0.0771. The smallest absolute Gasteiger partial charge is 0.125 e. The van der Waals surface area contributed by atoms with Crippen molar-refractivity contribution in [3.05, 3.63) is 42.0 Å². The monoisotopic (exact) mass is 290 g/mol. The minimum atomic E-state index is -0.689. The van der Waals surface area contributed by atoms with Gasteiger partial charge in [0.1, 0.15) is 18.5 Å². The van der Waals surface area contributed by atoms with Crippen molar-refractivity contribution in [2.75, 3.05) is 13.2 Å². The first kappa shape index (κ1) is 15.8. The number of rotatable bonds is 7. The van der Waals surface area contributed by atoms with E-state index in [1.807, 2.05) is 50.2 Å². The molecule has 1 unspecified atom stereocenters. The van der Waals surface area contributed by atoms with E-state index in [0.29, 0.717) is 5.75 Å². The van der Waals surface area contributed by atoms with Gasteiger partial charge in [0, 0.05) is 5.56 Å². The quantitative estimate of drug-likeness (QED) is 0.822. The lowest BCUT2D eigenvalue weighted by Gasteiger charge is -2.17. The zero-order chi connectivity index (χ0) is 15.2. The number of fused-ring (bicyclic) bond motifs is 1. The van der Waals surface area contributed by atoms with Crippen LogP contribution >= 0.6 is 0 Å². The van der Waals surface area contributed by atoms with Gasteiger partial charge < -0.3 is 19.7 Å². The van der Waals surface area contributed by atoms with Crippen LogP contribution in [0.3, 0.4) is 0 Å². The van der Waals surface area contributed by atoms with E-state index in [1.165, 1.54) is 0 Å². The van der Waals surface area contributed by atoms with E-state index in [2.05, 4.69) is 0 Å². The highest BCUT2D eigenvalue weighted by Crippen LogP contribution is 2.28. The summed E-state index contributed by atoms with van der Waals surface area (Å²) in [5, 5.41) is 21.4. The van der Waals surface area contributed by atoms with Crippen molar-refractivity contribution in [3.8, 4) is 5.75 Å². The molecule has 21 heavy (non-hydrogen) atoms. The van der Waals surface area contributed by atoms with Gasteiger partial charge in [0.25, 0.3) is 0 Å². The topological polar surface area (TPSA) is 58.9 Å². The highest BCUT2D eigenvalue weighted by Gasteiger charge is 2.11. The second-order valence-corrected chi connectivity index (χ2v) is 5.27. The van der Waals surface area contributed by atoms with Crippen LogP contribution < -0.4 is 4.74 Å². The molecule has 4 heteroatoms. The molecule has 0 spiro atoms. The highest BCUT2D eigenvalue weighted by atomic mass is 16.5. The molecule has 0 heterocycles. The van der Waals surface area contributed by atoms with Crippen LogP contribution in [0.15, 0.2) is 36.4 Å². The van der Waals surface area contributed by atoms with Crippen LogP contribution in [0.1, 0.15) is 19.4 Å². The molecule has 0 amide bonds. The lowest BCUT2D eigenvalue weighted by atomic mass is 10.0. The summed E-state index contributed by atoms with van der Waals surface area (Å²) in [6, 6.07) is 11.6. The molecule has 2 rings (SSSR count). The lowest BCUT2D eigenvalue weighted by molar-refractivity contribution is -0.0125. The number of ether oxygens (including phenoxy) is 2. The second-order valence-electron chi connectivity index (χ2n) is 5.27. The molecule has 0 aliphatic rings. The number of hydrogen-bond acceptors (Lipinski definition) is 4. The predicted octanol–water partition coefficient (Wildman–Crippen LogP) is 2.50. The van der Waals surface area contributed by atoms with Crippen LogP contribution in [0.2, 0.25) is 0 Å². The molecule has 0 aromatic heterocycles. The van der Waals surface area contributed by atoms with E-state index >= 15 is 0 Å². The maximum atomic E-state index is 9.82. The second kappa shape index (κ2) is 7.41. The van der Waals surface area contributed by atoms with Crippen LogP contribution in [-0.4, -0.2) is 35.6 Å². The zero-order valence-corrected chi connectivity index (χ0v) is 12.5. The summed E-state index contributed by atoms with van der Waals surface area (Å²) in [5.74, 6) is 0.597. The normalized spacial score (nSPS) is 12.8. The fraction of sp³-hybridized carbons (Fsp3) is 0.412. The van der Waals surface area contributed by atoms with Crippen molar-refractivity contribution >= 4 is 10.8 Å². The van der Waals surface area contributed by atoms with Crippen molar-refractivity contribution in [1.29, 1.82) is 0 Å². The van der Waals surface area contributed by atoms with E-state index in [4.69, 9.17) is 9.47 Å². The molecule has 0 aliphatic heterocycles. The summed E-state index contributed by atoms with van der Waals surface area (Å²) >= 11 is 0. The molecule has 1 atom stereocenters. The Hall–Kier alpha value is -1.62. The summed E-state index contributed by atoms with van der Waals surface area (Å²) in [6.45, 7) is 4.11. The molecule has 2 N–H and O–H groups in total. The van der Waals surface area contributed by atoms with Crippen LogP contribution in [0.25, 0.3) is 10.8 Å². The van der Waals surface area contributed by atoms with E-state index in [0.717, 1.165) is 16.3 Å². The van der Waals surface area contributed by atoms with Crippen molar-refractivity contribution in [2.45, 2.75) is 32.7 Å². The van der Waals surface area contributed by atoms with Gasteiger partial charge in [0.05, 0.1) is 19.3 Å². The van der Waals surface area contributed by atoms with Crippen LogP contribution in [-0.2, 0) is 11.3 Å². The fourth-order valence-electron chi connectivity index (χ4n) is 2.15. The number of benzene rings is 2. The van der Waals surface area contributed by atoms with Gasteiger partial charge in [-0.05, 0) is 30.7 Å². The molecule has 4 nitrogen and oxygen atoms in total. The van der Waals surface area contributed by atoms with Gasteiger partial charge in [-0.3, -0.25) is 0 Å². The Morgan fingerprint density at radius 2 is 1.81 bits per heavy atom. The Balaban J connectivity index is 2.08. The lowest BCUT2D eigenvalue weighted by Crippen LogP contribution is -2.25. The molecule has 0 fully saturated rings. The van der Waals surface area contributed by atoms with Crippen molar-refractivity contribution in [2.24, 2.45) is 0 Å². The average Bonchev–Trinajstić information content (AvgIpc) is 2.50. The molecular formula is C17H22O4. The van der Waals surface area contributed by atoms with Gasteiger partial charge in [-0.1, -0.05) is 30.3 Å². The average molecular weight is 290 g/mol. The minimum Gasteiger partial charge on any atom is -0.490 e. The summed E-state index contributed by atoms with van der Waals surface area (Å²) < 4.78 is 11.0. The zero-order valence-electron chi connectivity index (χ0n) is 12.5. The van der Waals surface area contributed by atoms with Gasteiger partial charge in [-0.15, -0.1) is 0 Å². The third-order valence-electron chi connectivity index (χ3n) is 3.21. The molecule has 0 saturated heterocycles. The Kier molecular flexibility index (Phi) is 5.56. The summed E-state index contributed by atoms with van der Waals surface area (Å²) in [6.07, 6.45) is -0.612. The predicted molar refractivity (Wildman–Crippen MR) is 82.5 cm³/mol. The van der Waals surface area contributed by atoms with Crippen LogP contribution in [0, 0.1) is 0 Å². The molecular weight excluding hydrogens is 268 g/mol. The van der Waals surface area contributed by atoms with Gasteiger partial charge in [0.15, 0.2) is 0 Å².